The van der Waals surface area contributed by atoms with E-state index in [9.17, 15) is 9.59 Å². The molecule has 0 spiro atoms. The van der Waals surface area contributed by atoms with Crippen LogP contribution in [0.4, 0.5) is 11.4 Å². The molecule has 1 rings (SSSR count). The van der Waals surface area contributed by atoms with Gasteiger partial charge in [-0.3, -0.25) is 4.79 Å². The van der Waals surface area contributed by atoms with E-state index in [2.05, 4.69) is 10.3 Å². The third kappa shape index (κ3) is 4.58. The molecule has 1 aromatic rings. The summed E-state index contributed by atoms with van der Waals surface area (Å²) in [5.41, 5.74) is 11.1. The summed E-state index contributed by atoms with van der Waals surface area (Å²) in [6.07, 6.45) is 0. The Labute approximate surface area is 115 Å². The van der Waals surface area contributed by atoms with Gasteiger partial charge in [0.25, 0.3) is 0 Å². The molecule has 0 aliphatic rings. The van der Waals surface area contributed by atoms with E-state index in [4.69, 9.17) is 16.6 Å². The van der Waals surface area contributed by atoms with Gasteiger partial charge in [0, 0.05) is 5.92 Å². The zero-order valence-electron chi connectivity index (χ0n) is 11.2. The molecule has 0 aromatic heterocycles. The summed E-state index contributed by atoms with van der Waals surface area (Å²) in [4.78, 5) is 26.3. The van der Waals surface area contributed by atoms with Crippen LogP contribution < -0.4 is 16.8 Å². The van der Waals surface area contributed by atoms with Gasteiger partial charge in [-0.15, -0.1) is 0 Å². The second kappa shape index (κ2) is 7.10. The van der Waals surface area contributed by atoms with Crippen LogP contribution in [0.25, 0.3) is 0 Å². The maximum Gasteiger partial charge on any atom is 0.335 e. The Bertz CT molecular complexity index is 536. The predicted molar refractivity (Wildman–Crippen MR) is 76.0 cm³/mol. The highest BCUT2D eigenvalue weighted by Gasteiger charge is 2.12. The topological polar surface area (TPSA) is 162 Å². The predicted octanol–water partition coefficient (Wildman–Crippen LogP) is 0.0595. The van der Waals surface area contributed by atoms with Crippen molar-refractivity contribution >= 4 is 29.2 Å². The van der Waals surface area contributed by atoms with E-state index in [1.807, 2.05) is 0 Å². The number of guanidine groups is 1. The number of benzene rings is 1. The Morgan fingerprint density at radius 1 is 1.30 bits per heavy atom. The largest absolute Gasteiger partial charge is 0.478 e. The Balaban J connectivity index is 0.00000361. The quantitative estimate of drug-likeness (QED) is 0.452. The number of nitrogens with one attached hydrogen (secondary N) is 1. The van der Waals surface area contributed by atoms with E-state index in [0.29, 0.717) is 5.69 Å². The zero-order valence-corrected chi connectivity index (χ0v) is 11.2. The molecular formula is C12H18N4O4. The fourth-order valence-electron chi connectivity index (χ4n) is 1.28. The van der Waals surface area contributed by atoms with Gasteiger partial charge >= 0.3 is 5.97 Å². The van der Waals surface area contributed by atoms with Gasteiger partial charge in [-0.1, -0.05) is 13.8 Å². The van der Waals surface area contributed by atoms with Crippen molar-refractivity contribution in [3.05, 3.63) is 23.8 Å². The molecule has 8 heteroatoms. The van der Waals surface area contributed by atoms with Crippen molar-refractivity contribution in [3.8, 4) is 0 Å². The van der Waals surface area contributed by atoms with Gasteiger partial charge in [0.2, 0.25) is 5.91 Å². The smallest absolute Gasteiger partial charge is 0.335 e. The number of amides is 1. The van der Waals surface area contributed by atoms with E-state index >= 15 is 0 Å². The fourth-order valence-corrected chi connectivity index (χ4v) is 1.28. The highest BCUT2D eigenvalue weighted by molar-refractivity contribution is 5.98. The maximum atomic E-state index is 11.6. The summed E-state index contributed by atoms with van der Waals surface area (Å²) in [5, 5.41) is 11.5. The molecule has 0 bridgehead atoms. The van der Waals surface area contributed by atoms with Crippen molar-refractivity contribution in [2.75, 3.05) is 5.32 Å². The lowest BCUT2D eigenvalue weighted by atomic mass is 10.1. The zero-order chi connectivity index (χ0) is 14.6. The number of nitrogens with zero attached hydrogens (tertiary/aromatic N) is 1. The van der Waals surface area contributed by atoms with Gasteiger partial charge in [-0.2, -0.15) is 0 Å². The second-order valence-corrected chi connectivity index (χ2v) is 4.22. The van der Waals surface area contributed by atoms with Crippen LogP contribution in [0.3, 0.4) is 0 Å². The number of carbonyl (C=O) groups is 2. The number of hydrogen-bond acceptors (Lipinski definition) is 3. The lowest BCUT2D eigenvalue weighted by Crippen LogP contribution is -2.22. The van der Waals surface area contributed by atoms with Gasteiger partial charge in [-0.25, -0.2) is 9.79 Å². The minimum Gasteiger partial charge on any atom is -0.478 e. The molecule has 0 radical (unpaired) electrons. The number of carboxylic acids is 1. The van der Waals surface area contributed by atoms with Gasteiger partial charge in [-0.05, 0) is 18.2 Å². The monoisotopic (exact) mass is 282 g/mol. The van der Waals surface area contributed by atoms with Crippen molar-refractivity contribution in [2.24, 2.45) is 22.4 Å². The van der Waals surface area contributed by atoms with Crippen LogP contribution in [0.1, 0.15) is 24.2 Å². The van der Waals surface area contributed by atoms with Crippen LogP contribution in [0, 0.1) is 5.92 Å². The molecule has 0 atom stereocenters. The summed E-state index contributed by atoms with van der Waals surface area (Å²) in [5.74, 6) is -1.75. The molecule has 110 valence electrons. The number of hydrogen-bond donors (Lipinski definition) is 4. The lowest BCUT2D eigenvalue weighted by molar-refractivity contribution is -0.118. The van der Waals surface area contributed by atoms with Crippen LogP contribution in [0.5, 0.6) is 0 Å². The Kier molecular flexibility index (Phi) is 6.17. The summed E-state index contributed by atoms with van der Waals surface area (Å²) < 4.78 is 0. The molecule has 20 heavy (non-hydrogen) atoms. The third-order valence-electron chi connectivity index (χ3n) is 2.28. The molecule has 0 unspecified atom stereocenters. The molecule has 1 amide bonds. The number of carbonyl (C=O) groups excluding carboxylic acids is 1. The van der Waals surface area contributed by atoms with Crippen LogP contribution in [0.15, 0.2) is 23.2 Å². The number of aliphatic imine (C=N–C) groups is 1. The number of carboxylic acid groups (broad SMARTS) is 1. The molecule has 0 saturated carbocycles. The Hall–Kier alpha value is -2.61. The lowest BCUT2D eigenvalue weighted by Gasteiger charge is -2.11. The van der Waals surface area contributed by atoms with E-state index in [1.54, 1.807) is 13.8 Å². The van der Waals surface area contributed by atoms with Crippen LogP contribution in [-0.4, -0.2) is 28.4 Å². The first kappa shape index (κ1) is 17.4. The van der Waals surface area contributed by atoms with Gasteiger partial charge < -0.3 is 27.4 Å². The molecular weight excluding hydrogens is 264 g/mol. The summed E-state index contributed by atoms with van der Waals surface area (Å²) in [7, 11) is 0. The fraction of sp³-hybridized carbons (Fsp3) is 0.250. The van der Waals surface area contributed by atoms with Gasteiger partial charge in [0.15, 0.2) is 5.96 Å². The molecule has 1 aromatic carbocycles. The highest BCUT2D eigenvalue weighted by Crippen LogP contribution is 2.26. The molecule has 0 aliphatic carbocycles. The van der Waals surface area contributed by atoms with Crippen molar-refractivity contribution in [1.29, 1.82) is 0 Å². The van der Waals surface area contributed by atoms with Crippen molar-refractivity contribution < 1.29 is 20.2 Å². The maximum absolute atomic E-state index is 11.6. The van der Waals surface area contributed by atoms with Gasteiger partial charge in [0.1, 0.15) is 0 Å². The molecule has 0 heterocycles. The summed E-state index contributed by atoms with van der Waals surface area (Å²) in [6, 6.07) is 4.10. The number of anilines is 1. The van der Waals surface area contributed by atoms with Crippen LogP contribution in [0.2, 0.25) is 0 Å². The van der Waals surface area contributed by atoms with Crippen molar-refractivity contribution in [2.45, 2.75) is 13.8 Å². The van der Waals surface area contributed by atoms with Crippen molar-refractivity contribution in [3.63, 3.8) is 0 Å². The highest BCUT2D eigenvalue weighted by atomic mass is 16.4. The van der Waals surface area contributed by atoms with Crippen LogP contribution in [-0.2, 0) is 4.79 Å². The molecule has 0 saturated heterocycles. The standard InChI is InChI=1S/C12H16N4O3.H2O/c1-6(2)10(17)15-8-4-3-7(11(18)19)5-9(8)16-12(13)14;/h3-6H,1-2H3,(H,15,17)(H,18,19)(H4,13,14,16);1H2. The first-order valence-corrected chi connectivity index (χ1v) is 5.59. The normalized spacial score (nSPS) is 9.55. The number of rotatable bonds is 4. The second-order valence-electron chi connectivity index (χ2n) is 4.22. The first-order chi connectivity index (χ1) is 8.81. The Morgan fingerprint density at radius 2 is 1.90 bits per heavy atom. The summed E-state index contributed by atoms with van der Waals surface area (Å²) >= 11 is 0. The van der Waals surface area contributed by atoms with Crippen LogP contribution >= 0.6 is 0 Å². The average molecular weight is 282 g/mol. The SMILES string of the molecule is CC(C)C(=O)Nc1ccc(C(=O)O)cc1N=C(N)N.O. The molecule has 8 nitrogen and oxygen atoms in total. The van der Waals surface area contributed by atoms with Gasteiger partial charge in [0.05, 0.1) is 16.9 Å². The van der Waals surface area contributed by atoms with E-state index < -0.39 is 5.97 Å². The van der Waals surface area contributed by atoms with E-state index in [0.717, 1.165) is 0 Å². The number of aromatic carboxylic acids is 1. The number of nitrogens with two attached hydrogens (primary N) is 2. The average Bonchev–Trinajstić information content (AvgIpc) is 2.30. The molecule has 0 aliphatic heterocycles. The first-order valence-electron chi connectivity index (χ1n) is 5.59. The molecule has 0 fully saturated rings. The molecule has 8 N–H and O–H groups in total. The summed E-state index contributed by atoms with van der Waals surface area (Å²) in [6.45, 7) is 3.47. The Morgan fingerprint density at radius 3 is 2.35 bits per heavy atom. The minimum atomic E-state index is -1.10. The third-order valence-corrected chi connectivity index (χ3v) is 2.28. The van der Waals surface area contributed by atoms with E-state index in [-0.39, 0.29) is 34.5 Å². The van der Waals surface area contributed by atoms with Crippen molar-refractivity contribution in [1.82, 2.24) is 0 Å². The van der Waals surface area contributed by atoms with E-state index in [1.165, 1.54) is 18.2 Å². The minimum absolute atomic E-state index is 0.